The summed E-state index contributed by atoms with van der Waals surface area (Å²) in [6.07, 6.45) is 1.88. The summed E-state index contributed by atoms with van der Waals surface area (Å²) in [4.78, 5) is 7.36. The van der Waals surface area contributed by atoms with E-state index in [2.05, 4.69) is 41.9 Å². The topological polar surface area (TPSA) is 42.2 Å². The van der Waals surface area contributed by atoms with Gasteiger partial charge in [-0.25, -0.2) is 0 Å². The van der Waals surface area contributed by atoms with Gasteiger partial charge in [-0.15, -0.1) is 0 Å². The largest absolute Gasteiger partial charge is 0.393 e. The van der Waals surface area contributed by atoms with E-state index in [1.54, 1.807) is 0 Å². The SMILES string of the molecule is CCN(Cc1ccnc2ccccc12)CC(C)C(N)=S. The molecule has 106 valence electrons. The number of aromatic nitrogens is 1. The van der Waals surface area contributed by atoms with Crippen LogP contribution in [0.4, 0.5) is 0 Å². The summed E-state index contributed by atoms with van der Waals surface area (Å²) in [5.41, 5.74) is 8.06. The molecule has 1 aromatic heterocycles. The van der Waals surface area contributed by atoms with Crippen LogP contribution in [-0.4, -0.2) is 28.0 Å². The monoisotopic (exact) mass is 287 g/mol. The van der Waals surface area contributed by atoms with Crippen LogP contribution in [0.25, 0.3) is 10.9 Å². The second kappa shape index (κ2) is 6.77. The van der Waals surface area contributed by atoms with Gasteiger partial charge in [0.15, 0.2) is 0 Å². The minimum atomic E-state index is 0.234. The molecular formula is C16H21N3S. The van der Waals surface area contributed by atoms with Crippen molar-refractivity contribution < 1.29 is 0 Å². The van der Waals surface area contributed by atoms with Crippen LogP contribution in [0.1, 0.15) is 19.4 Å². The summed E-state index contributed by atoms with van der Waals surface area (Å²) in [6, 6.07) is 10.3. The molecule has 0 amide bonds. The predicted octanol–water partition coefficient (Wildman–Crippen LogP) is 2.98. The second-order valence-corrected chi connectivity index (χ2v) is 5.59. The van der Waals surface area contributed by atoms with Gasteiger partial charge in [-0.1, -0.05) is 44.3 Å². The van der Waals surface area contributed by atoms with Crippen molar-refractivity contribution in [2.45, 2.75) is 20.4 Å². The lowest BCUT2D eigenvalue weighted by molar-refractivity contribution is 0.265. The average Bonchev–Trinajstić information content (AvgIpc) is 2.46. The molecule has 0 aliphatic carbocycles. The molecular weight excluding hydrogens is 266 g/mol. The minimum Gasteiger partial charge on any atom is -0.393 e. The Labute approximate surface area is 125 Å². The molecule has 20 heavy (non-hydrogen) atoms. The van der Waals surface area contributed by atoms with Crippen LogP contribution in [0.2, 0.25) is 0 Å². The van der Waals surface area contributed by atoms with Crippen LogP contribution in [0, 0.1) is 5.92 Å². The average molecular weight is 287 g/mol. The van der Waals surface area contributed by atoms with Crippen molar-refractivity contribution in [1.82, 2.24) is 9.88 Å². The molecule has 0 spiro atoms. The quantitative estimate of drug-likeness (QED) is 0.829. The number of hydrogen-bond donors (Lipinski definition) is 1. The molecule has 3 nitrogen and oxygen atoms in total. The minimum absolute atomic E-state index is 0.234. The Bertz CT molecular complexity index is 592. The number of nitrogens with two attached hydrogens (primary N) is 1. The smallest absolute Gasteiger partial charge is 0.0768 e. The van der Waals surface area contributed by atoms with Gasteiger partial charge in [0.2, 0.25) is 0 Å². The zero-order chi connectivity index (χ0) is 14.5. The van der Waals surface area contributed by atoms with Crippen LogP contribution in [0.15, 0.2) is 36.5 Å². The van der Waals surface area contributed by atoms with Gasteiger partial charge >= 0.3 is 0 Å². The van der Waals surface area contributed by atoms with Gasteiger partial charge in [0.1, 0.15) is 0 Å². The Morgan fingerprint density at radius 3 is 2.80 bits per heavy atom. The summed E-state index contributed by atoms with van der Waals surface area (Å²) in [6.45, 7) is 7.00. The van der Waals surface area contributed by atoms with Crippen molar-refractivity contribution in [2.24, 2.45) is 11.7 Å². The summed E-state index contributed by atoms with van der Waals surface area (Å²) in [5.74, 6) is 0.234. The number of benzene rings is 1. The van der Waals surface area contributed by atoms with Crippen LogP contribution < -0.4 is 5.73 Å². The number of fused-ring (bicyclic) bond motifs is 1. The first-order valence-electron chi connectivity index (χ1n) is 6.96. The molecule has 2 aromatic rings. The van der Waals surface area contributed by atoms with Gasteiger partial charge in [0.25, 0.3) is 0 Å². The van der Waals surface area contributed by atoms with Gasteiger partial charge in [-0.05, 0) is 24.2 Å². The van der Waals surface area contributed by atoms with E-state index < -0.39 is 0 Å². The van der Waals surface area contributed by atoms with Crippen molar-refractivity contribution in [3.63, 3.8) is 0 Å². The van der Waals surface area contributed by atoms with Crippen LogP contribution >= 0.6 is 12.2 Å². The van der Waals surface area contributed by atoms with Gasteiger partial charge in [-0.2, -0.15) is 0 Å². The van der Waals surface area contributed by atoms with E-state index in [0.29, 0.717) is 4.99 Å². The Balaban J connectivity index is 2.19. The number of para-hydroxylation sites is 1. The molecule has 2 N–H and O–H groups in total. The van der Waals surface area contributed by atoms with E-state index in [1.807, 2.05) is 18.3 Å². The van der Waals surface area contributed by atoms with Crippen LogP contribution in [-0.2, 0) is 6.54 Å². The molecule has 1 heterocycles. The molecule has 4 heteroatoms. The fourth-order valence-corrected chi connectivity index (χ4v) is 2.39. The first-order valence-corrected chi connectivity index (χ1v) is 7.37. The van der Waals surface area contributed by atoms with Crippen molar-refractivity contribution in [3.8, 4) is 0 Å². The highest BCUT2D eigenvalue weighted by atomic mass is 32.1. The highest BCUT2D eigenvalue weighted by Gasteiger charge is 2.12. The van der Waals surface area contributed by atoms with E-state index in [9.17, 15) is 0 Å². The predicted molar refractivity (Wildman–Crippen MR) is 88.6 cm³/mol. The van der Waals surface area contributed by atoms with Gasteiger partial charge in [0.05, 0.1) is 10.5 Å². The molecule has 0 aliphatic heterocycles. The Morgan fingerprint density at radius 2 is 2.10 bits per heavy atom. The third-order valence-corrected chi connectivity index (χ3v) is 4.00. The Kier molecular flexibility index (Phi) is 5.04. The first kappa shape index (κ1) is 14.9. The van der Waals surface area contributed by atoms with Crippen LogP contribution in [0.3, 0.4) is 0 Å². The number of thiocarbonyl (C=S) groups is 1. The summed E-state index contributed by atoms with van der Waals surface area (Å²) in [7, 11) is 0. The third-order valence-electron chi connectivity index (χ3n) is 3.60. The molecule has 0 aliphatic rings. The lowest BCUT2D eigenvalue weighted by Gasteiger charge is -2.24. The molecule has 0 saturated carbocycles. The molecule has 2 rings (SSSR count). The maximum atomic E-state index is 5.72. The Morgan fingerprint density at radius 1 is 1.35 bits per heavy atom. The molecule has 1 aromatic carbocycles. The third kappa shape index (κ3) is 3.52. The van der Waals surface area contributed by atoms with E-state index in [1.165, 1.54) is 10.9 Å². The number of nitrogens with zero attached hydrogens (tertiary/aromatic N) is 2. The lowest BCUT2D eigenvalue weighted by atomic mass is 10.1. The maximum absolute atomic E-state index is 5.72. The van der Waals surface area contributed by atoms with Crippen molar-refractivity contribution in [3.05, 3.63) is 42.1 Å². The molecule has 0 bridgehead atoms. The summed E-state index contributed by atoms with van der Waals surface area (Å²) in [5, 5.41) is 1.22. The van der Waals surface area contributed by atoms with Crippen molar-refractivity contribution >= 4 is 28.1 Å². The van der Waals surface area contributed by atoms with E-state index >= 15 is 0 Å². The zero-order valence-corrected chi connectivity index (χ0v) is 12.9. The standard InChI is InChI=1S/C16H21N3S/c1-3-19(10-12(2)16(17)20)11-13-8-9-18-15-7-5-4-6-14(13)15/h4-9,12H,3,10-11H2,1-2H3,(H2,17,20). The summed E-state index contributed by atoms with van der Waals surface area (Å²) >= 11 is 5.07. The fraction of sp³-hybridized carbons (Fsp3) is 0.375. The molecule has 1 atom stereocenters. The fourth-order valence-electron chi connectivity index (χ4n) is 2.32. The molecule has 0 fully saturated rings. The zero-order valence-electron chi connectivity index (χ0n) is 12.0. The van der Waals surface area contributed by atoms with Gasteiger partial charge in [0, 0.05) is 30.6 Å². The molecule has 0 saturated heterocycles. The Hall–Kier alpha value is -1.52. The van der Waals surface area contributed by atoms with E-state index in [4.69, 9.17) is 18.0 Å². The number of pyridine rings is 1. The van der Waals surface area contributed by atoms with E-state index in [-0.39, 0.29) is 5.92 Å². The number of hydrogen-bond acceptors (Lipinski definition) is 3. The number of rotatable bonds is 6. The molecule has 0 radical (unpaired) electrons. The normalized spacial score (nSPS) is 12.8. The van der Waals surface area contributed by atoms with E-state index in [0.717, 1.165) is 25.2 Å². The molecule has 1 unspecified atom stereocenters. The van der Waals surface area contributed by atoms with Gasteiger partial charge in [-0.3, -0.25) is 9.88 Å². The lowest BCUT2D eigenvalue weighted by Crippen LogP contribution is -2.33. The first-order chi connectivity index (χ1) is 9.61. The second-order valence-electron chi connectivity index (χ2n) is 5.12. The van der Waals surface area contributed by atoms with Crippen molar-refractivity contribution in [1.29, 1.82) is 0 Å². The summed E-state index contributed by atoms with van der Waals surface area (Å²) < 4.78 is 0. The van der Waals surface area contributed by atoms with Crippen molar-refractivity contribution in [2.75, 3.05) is 13.1 Å². The van der Waals surface area contributed by atoms with Gasteiger partial charge < -0.3 is 5.73 Å². The highest BCUT2D eigenvalue weighted by molar-refractivity contribution is 7.80. The highest BCUT2D eigenvalue weighted by Crippen LogP contribution is 2.18. The maximum Gasteiger partial charge on any atom is 0.0768 e. The van der Waals surface area contributed by atoms with Crippen LogP contribution in [0.5, 0.6) is 0 Å².